The Bertz CT molecular complexity index is 390. The Labute approximate surface area is 115 Å². The predicted octanol–water partition coefficient (Wildman–Crippen LogP) is 3.15. The van der Waals surface area contributed by atoms with Crippen molar-refractivity contribution in [1.29, 1.82) is 0 Å². The Morgan fingerprint density at radius 3 is 2.78 bits per heavy atom. The maximum atomic E-state index is 5.99. The van der Waals surface area contributed by atoms with Crippen molar-refractivity contribution in [2.24, 2.45) is 4.99 Å². The van der Waals surface area contributed by atoms with E-state index in [1.807, 2.05) is 25.2 Å². The van der Waals surface area contributed by atoms with Gasteiger partial charge in [-0.25, -0.2) is 0 Å². The Balaban J connectivity index is 2.68. The van der Waals surface area contributed by atoms with Crippen molar-refractivity contribution in [3.8, 4) is 0 Å². The zero-order valence-electron chi connectivity index (χ0n) is 11.4. The number of nitrogens with one attached hydrogen (secondary N) is 1. The van der Waals surface area contributed by atoms with Gasteiger partial charge >= 0.3 is 0 Å². The quantitative estimate of drug-likeness (QED) is 0.656. The molecule has 18 heavy (non-hydrogen) atoms. The Hall–Kier alpha value is -1.22. The van der Waals surface area contributed by atoms with E-state index in [4.69, 9.17) is 11.6 Å². The van der Waals surface area contributed by atoms with Crippen LogP contribution in [-0.4, -0.2) is 31.0 Å². The molecule has 1 aromatic carbocycles. The highest BCUT2D eigenvalue weighted by Crippen LogP contribution is 2.12. The van der Waals surface area contributed by atoms with Gasteiger partial charge in [-0.2, -0.15) is 0 Å². The third-order valence-corrected chi connectivity index (χ3v) is 2.73. The van der Waals surface area contributed by atoms with Gasteiger partial charge in [0.2, 0.25) is 0 Å². The summed E-state index contributed by atoms with van der Waals surface area (Å²) in [5.74, 6) is 0.944. The van der Waals surface area contributed by atoms with Gasteiger partial charge in [-0.05, 0) is 31.0 Å². The van der Waals surface area contributed by atoms with E-state index in [-0.39, 0.29) is 0 Å². The van der Waals surface area contributed by atoms with E-state index in [0.29, 0.717) is 0 Å². The van der Waals surface area contributed by atoms with Crippen LogP contribution in [0.5, 0.6) is 0 Å². The van der Waals surface area contributed by atoms with Gasteiger partial charge in [-0.3, -0.25) is 4.99 Å². The summed E-state index contributed by atoms with van der Waals surface area (Å²) in [5.41, 5.74) is 1.19. The van der Waals surface area contributed by atoms with Crippen LogP contribution in [0.25, 0.3) is 0 Å². The molecular formula is C14H22ClN3. The number of rotatable bonds is 5. The topological polar surface area (TPSA) is 27.6 Å². The molecule has 0 radical (unpaired) electrons. The number of hydrogen-bond acceptors (Lipinski definition) is 1. The first-order valence-corrected chi connectivity index (χ1v) is 6.79. The first-order valence-electron chi connectivity index (χ1n) is 6.41. The Morgan fingerprint density at radius 1 is 1.39 bits per heavy atom. The van der Waals surface area contributed by atoms with E-state index >= 15 is 0 Å². The van der Waals surface area contributed by atoms with Crippen LogP contribution in [0.4, 0.5) is 0 Å². The maximum Gasteiger partial charge on any atom is 0.193 e. The zero-order chi connectivity index (χ0) is 13.4. The zero-order valence-corrected chi connectivity index (χ0v) is 12.2. The minimum Gasteiger partial charge on any atom is -0.357 e. The van der Waals surface area contributed by atoms with Crippen LogP contribution in [0, 0.1) is 0 Å². The molecule has 3 nitrogen and oxygen atoms in total. The van der Waals surface area contributed by atoms with Crippen molar-refractivity contribution in [1.82, 2.24) is 10.2 Å². The number of nitrogens with zero attached hydrogens (tertiary/aromatic N) is 2. The molecule has 0 aliphatic rings. The molecule has 0 fully saturated rings. The summed E-state index contributed by atoms with van der Waals surface area (Å²) in [4.78, 5) is 6.66. The van der Waals surface area contributed by atoms with E-state index in [1.165, 1.54) is 5.56 Å². The summed E-state index contributed by atoms with van der Waals surface area (Å²) in [6.45, 7) is 6.74. The Morgan fingerprint density at radius 2 is 2.17 bits per heavy atom. The summed E-state index contributed by atoms with van der Waals surface area (Å²) in [7, 11) is 2.04. The highest BCUT2D eigenvalue weighted by molar-refractivity contribution is 6.30. The molecule has 0 heterocycles. The second-order valence-electron chi connectivity index (χ2n) is 4.22. The first kappa shape index (κ1) is 14.8. The smallest absolute Gasteiger partial charge is 0.193 e. The largest absolute Gasteiger partial charge is 0.357 e. The summed E-state index contributed by atoms with van der Waals surface area (Å²) in [6.07, 6.45) is 1.06. The summed E-state index contributed by atoms with van der Waals surface area (Å²) in [6, 6.07) is 7.93. The second-order valence-corrected chi connectivity index (χ2v) is 4.66. The third-order valence-electron chi connectivity index (χ3n) is 2.49. The molecule has 0 aliphatic carbocycles. The molecular weight excluding hydrogens is 246 g/mol. The molecule has 0 saturated heterocycles. The summed E-state index contributed by atoms with van der Waals surface area (Å²) >= 11 is 5.99. The maximum absolute atomic E-state index is 5.99. The number of guanidine groups is 1. The van der Waals surface area contributed by atoms with Crippen LogP contribution >= 0.6 is 11.6 Å². The molecule has 0 saturated carbocycles. The van der Waals surface area contributed by atoms with Gasteiger partial charge in [-0.15, -0.1) is 0 Å². The number of hydrogen-bond donors (Lipinski definition) is 1. The lowest BCUT2D eigenvalue weighted by Crippen LogP contribution is -2.38. The average Bonchev–Trinajstić information content (AvgIpc) is 2.34. The highest BCUT2D eigenvalue weighted by Gasteiger charge is 2.06. The van der Waals surface area contributed by atoms with Gasteiger partial charge in [0, 0.05) is 31.7 Å². The SMILES string of the molecule is CCCN=C(NCC)N(C)Cc1cccc(Cl)c1. The molecule has 0 bridgehead atoms. The van der Waals surface area contributed by atoms with Crippen LogP contribution in [0.1, 0.15) is 25.8 Å². The van der Waals surface area contributed by atoms with Gasteiger partial charge < -0.3 is 10.2 Å². The molecule has 0 atom stereocenters. The fraction of sp³-hybridized carbons (Fsp3) is 0.500. The fourth-order valence-electron chi connectivity index (χ4n) is 1.67. The van der Waals surface area contributed by atoms with Crippen molar-refractivity contribution in [2.75, 3.05) is 20.1 Å². The van der Waals surface area contributed by atoms with Crippen molar-refractivity contribution in [3.05, 3.63) is 34.9 Å². The molecule has 1 N–H and O–H groups in total. The molecule has 1 aromatic rings. The third kappa shape index (κ3) is 4.96. The molecule has 0 amide bonds. The molecule has 0 aromatic heterocycles. The standard InChI is InChI=1S/C14H22ClN3/c1-4-9-17-14(16-5-2)18(3)11-12-7-6-8-13(15)10-12/h6-8,10H,4-5,9,11H2,1-3H3,(H,16,17). The fourth-order valence-corrected chi connectivity index (χ4v) is 1.88. The lowest BCUT2D eigenvalue weighted by atomic mass is 10.2. The van der Waals surface area contributed by atoms with Crippen molar-refractivity contribution < 1.29 is 0 Å². The molecule has 0 unspecified atom stereocenters. The van der Waals surface area contributed by atoms with Crippen molar-refractivity contribution in [2.45, 2.75) is 26.8 Å². The van der Waals surface area contributed by atoms with Gasteiger partial charge in [0.1, 0.15) is 0 Å². The lowest BCUT2D eigenvalue weighted by Gasteiger charge is -2.22. The van der Waals surface area contributed by atoms with E-state index in [1.54, 1.807) is 0 Å². The van der Waals surface area contributed by atoms with Crippen LogP contribution in [0.15, 0.2) is 29.3 Å². The number of benzene rings is 1. The first-order chi connectivity index (χ1) is 8.67. The average molecular weight is 268 g/mol. The molecule has 1 rings (SSSR count). The molecule has 4 heteroatoms. The molecule has 0 spiro atoms. The van der Waals surface area contributed by atoms with Crippen molar-refractivity contribution in [3.63, 3.8) is 0 Å². The normalized spacial score (nSPS) is 11.4. The van der Waals surface area contributed by atoms with Gasteiger partial charge in [0.15, 0.2) is 5.96 Å². The minimum atomic E-state index is 0.774. The number of halogens is 1. The van der Waals surface area contributed by atoms with E-state index in [2.05, 4.69) is 35.1 Å². The van der Waals surface area contributed by atoms with Gasteiger partial charge in [-0.1, -0.05) is 30.7 Å². The summed E-state index contributed by atoms with van der Waals surface area (Å²) in [5, 5.41) is 4.07. The van der Waals surface area contributed by atoms with Gasteiger partial charge in [0.25, 0.3) is 0 Å². The van der Waals surface area contributed by atoms with Crippen LogP contribution < -0.4 is 5.32 Å². The van der Waals surface area contributed by atoms with E-state index < -0.39 is 0 Å². The van der Waals surface area contributed by atoms with E-state index in [0.717, 1.165) is 37.0 Å². The monoisotopic (exact) mass is 267 g/mol. The lowest BCUT2D eigenvalue weighted by molar-refractivity contribution is 0.477. The highest BCUT2D eigenvalue weighted by atomic mass is 35.5. The second kappa shape index (κ2) is 7.98. The van der Waals surface area contributed by atoms with Crippen molar-refractivity contribution >= 4 is 17.6 Å². The van der Waals surface area contributed by atoms with Gasteiger partial charge in [0.05, 0.1) is 0 Å². The van der Waals surface area contributed by atoms with Crippen LogP contribution in [0.3, 0.4) is 0 Å². The minimum absolute atomic E-state index is 0.774. The number of aliphatic imine (C=N–C) groups is 1. The Kier molecular flexibility index (Phi) is 6.58. The van der Waals surface area contributed by atoms with Crippen LogP contribution in [-0.2, 0) is 6.54 Å². The molecule has 0 aliphatic heterocycles. The summed E-state index contributed by atoms with van der Waals surface area (Å²) < 4.78 is 0. The molecule has 100 valence electrons. The van der Waals surface area contributed by atoms with Crippen LogP contribution in [0.2, 0.25) is 5.02 Å². The van der Waals surface area contributed by atoms with E-state index in [9.17, 15) is 0 Å². The predicted molar refractivity (Wildman–Crippen MR) is 79.2 cm³/mol.